The van der Waals surface area contributed by atoms with E-state index in [-0.39, 0.29) is 6.04 Å². The van der Waals surface area contributed by atoms with Crippen LogP contribution in [-0.4, -0.2) is 35.8 Å². The van der Waals surface area contributed by atoms with Crippen LogP contribution in [0.25, 0.3) is 0 Å². The fraction of sp³-hybridized carbons (Fsp3) is 0.625. The summed E-state index contributed by atoms with van der Waals surface area (Å²) in [5.74, 6) is 1.66. The molecule has 0 aliphatic carbocycles. The Hall–Kier alpha value is -1.06. The van der Waals surface area contributed by atoms with Crippen molar-refractivity contribution in [1.29, 1.82) is 0 Å². The van der Waals surface area contributed by atoms with Crippen molar-refractivity contribution in [3.63, 3.8) is 0 Å². The number of ether oxygens (including phenoxy) is 1. The molecule has 2 heterocycles. The fourth-order valence-corrected chi connectivity index (χ4v) is 3.42. The van der Waals surface area contributed by atoms with Gasteiger partial charge in [-0.1, -0.05) is 24.6 Å². The minimum Gasteiger partial charge on any atom is -0.490 e. The van der Waals surface area contributed by atoms with E-state index in [1.165, 1.54) is 18.4 Å². The number of hydrogen-bond acceptors (Lipinski definition) is 3. The fourth-order valence-electron chi connectivity index (χ4n) is 3.42. The van der Waals surface area contributed by atoms with E-state index >= 15 is 0 Å². The standard InChI is InChI=1S/C16H23NO2/c1-11-5-6-15-13(8-11)16(14(18)10-19-15)17-7-3-4-12(2)9-17/h5-6,8,12,14,16,18H,3-4,7,9-10H2,1-2H3. The lowest BCUT2D eigenvalue weighted by Crippen LogP contribution is -2.46. The SMILES string of the molecule is Cc1ccc2c(c1)C(N1CCCC(C)C1)C(O)CO2. The van der Waals surface area contributed by atoms with Gasteiger partial charge in [0, 0.05) is 12.1 Å². The molecule has 2 aliphatic rings. The van der Waals surface area contributed by atoms with Gasteiger partial charge in [0.2, 0.25) is 0 Å². The Morgan fingerprint density at radius 1 is 1.37 bits per heavy atom. The zero-order valence-corrected chi connectivity index (χ0v) is 11.8. The summed E-state index contributed by atoms with van der Waals surface area (Å²) in [6, 6.07) is 6.39. The van der Waals surface area contributed by atoms with Gasteiger partial charge in [-0.05, 0) is 38.3 Å². The molecule has 0 amide bonds. The Morgan fingerprint density at radius 3 is 3.00 bits per heavy atom. The Kier molecular flexibility index (Phi) is 3.50. The van der Waals surface area contributed by atoms with E-state index in [4.69, 9.17) is 4.74 Å². The van der Waals surface area contributed by atoms with Crippen molar-refractivity contribution in [1.82, 2.24) is 4.90 Å². The van der Waals surface area contributed by atoms with Gasteiger partial charge in [0.15, 0.2) is 0 Å². The summed E-state index contributed by atoms with van der Waals surface area (Å²) in [5, 5.41) is 10.4. The molecule has 1 fully saturated rings. The summed E-state index contributed by atoms with van der Waals surface area (Å²) in [6.45, 7) is 6.96. The topological polar surface area (TPSA) is 32.7 Å². The van der Waals surface area contributed by atoms with Crippen molar-refractivity contribution < 1.29 is 9.84 Å². The Balaban J connectivity index is 1.93. The highest BCUT2D eigenvalue weighted by molar-refractivity contribution is 5.41. The van der Waals surface area contributed by atoms with Crippen LogP contribution < -0.4 is 4.74 Å². The molecule has 0 aromatic heterocycles. The summed E-state index contributed by atoms with van der Waals surface area (Å²) in [6.07, 6.45) is 2.11. The van der Waals surface area contributed by atoms with Gasteiger partial charge in [0.25, 0.3) is 0 Å². The lowest BCUT2D eigenvalue weighted by atomic mass is 9.91. The molecule has 1 aromatic rings. The summed E-state index contributed by atoms with van der Waals surface area (Å²) in [7, 11) is 0. The molecule has 3 rings (SSSR count). The number of piperidine rings is 1. The normalized spacial score (nSPS) is 31.6. The molecule has 2 aliphatic heterocycles. The lowest BCUT2D eigenvalue weighted by molar-refractivity contribution is -0.0140. The molecule has 0 saturated carbocycles. The molecule has 1 aromatic carbocycles. The second kappa shape index (κ2) is 5.14. The minimum atomic E-state index is -0.417. The number of nitrogens with zero attached hydrogens (tertiary/aromatic N) is 1. The van der Waals surface area contributed by atoms with E-state index in [1.54, 1.807) is 0 Å². The number of fused-ring (bicyclic) bond motifs is 1. The largest absolute Gasteiger partial charge is 0.490 e. The lowest BCUT2D eigenvalue weighted by Gasteiger charge is -2.42. The molecular weight excluding hydrogens is 238 g/mol. The number of aryl methyl sites for hydroxylation is 1. The number of aliphatic hydroxyl groups excluding tert-OH is 1. The summed E-state index contributed by atoms with van der Waals surface area (Å²) >= 11 is 0. The third-order valence-corrected chi connectivity index (χ3v) is 4.34. The molecule has 3 heteroatoms. The molecule has 1 saturated heterocycles. The van der Waals surface area contributed by atoms with Crippen LogP contribution in [0, 0.1) is 12.8 Å². The van der Waals surface area contributed by atoms with E-state index < -0.39 is 6.10 Å². The summed E-state index contributed by atoms with van der Waals surface area (Å²) < 4.78 is 5.66. The second-order valence-corrected chi connectivity index (χ2v) is 6.11. The molecule has 1 N–H and O–H groups in total. The van der Waals surface area contributed by atoms with Crippen LogP contribution in [0.5, 0.6) is 5.75 Å². The van der Waals surface area contributed by atoms with Gasteiger partial charge < -0.3 is 9.84 Å². The van der Waals surface area contributed by atoms with Crippen LogP contribution in [-0.2, 0) is 0 Å². The predicted molar refractivity (Wildman–Crippen MR) is 75.4 cm³/mol. The number of likely N-dealkylation sites (tertiary alicyclic amines) is 1. The number of aliphatic hydroxyl groups is 1. The third kappa shape index (κ3) is 2.49. The van der Waals surface area contributed by atoms with E-state index in [9.17, 15) is 5.11 Å². The van der Waals surface area contributed by atoms with Gasteiger partial charge >= 0.3 is 0 Å². The van der Waals surface area contributed by atoms with Crippen LogP contribution in [0.4, 0.5) is 0 Å². The number of rotatable bonds is 1. The Bertz CT molecular complexity index is 460. The molecule has 0 spiro atoms. The van der Waals surface area contributed by atoms with E-state index in [0.29, 0.717) is 6.61 Å². The van der Waals surface area contributed by atoms with Gasteiger partial charge in [0.1, 0.15) is 18.5 Å². The first kappa shape index (κ1) is 12.9. The van der Waals surface area contributed by atoms with E-state index in [0.717, 1.165) is 30.3 Å². The maximum absolute atomic E-state index is 10.4. The minimum absolute atomic E-state index is 0.103. The van der Waals surface area contributed by atoms with Crippen molar-refractivity contribution in [3.05, 3.63) is 29.3 Å². The molecule has 0 radical (unpaired) electrons. The number of hydrogen-bond donors (Lipinski definition) is 1. The average Bonchev–Trinajstić information content (AvgIpc) is 2.38. The quantitative estimate of drug-likeness (QED) is 0.843. The van der Waals surface area contributed by atoms with Crippen LogP contribution >= 0.6 is 0 Å². The van der Waals surface area contributed by atoms with Crippen LogP contribution in [0.1, 0.15) is 36.9 Å². The highest BCUT2D eigenvalue weighted by atomic mass is 16.5. The smallest absolute Gasteiger partial charge is 0.124 e. The highest BCUT2D eigenvalue weighted by Crippen LogP contribution is 2.38. The maximum atomic E-state index is 10.4. The first-order valence-corrected chi connectivity index (χ1v) is 7.30. The second-order valence-electron chi connectivity index (χ2n) is 6.11. The zero-order chi connectivity index (χ0) is 13.4. The van der Waals surface area contributed by atoms with Gasteiger partial charge in [-0.25, -0.2) is 0 Å². The number of benzene rings is 1. The molecule has 0 bridgehead atoms. The molecular formula is C16H23NO2. The summed E-state index contributed by atoms with van der Waals surface area (Å²) in [4.78, 5) is 2.44. The van der Waals surface area contributed by atoms with Gasteiger partial charge in [-0.2, -0.15) is 0 Å². The van der Waals surface area contributed by atoms with Crippen molar-refractivity contribution >= 4 is 0 Å². The molecule has 3 nitrogen and oxygen atoms in total. The van der Waals surface area contributed by atoms with Crippen LogP contribution in [0.2, 0.25) is 0 Å². The zero-order valence-electron chi connectivity index (χ0n) is 11.8. The van der Waals surface area contributed by atoms with E-state index in [2.05, 4.69) is 30.9 Å². The van der Waals surface area contributed by atoms with Crippen molar-refractivity contribution in [2.75, 3.05) is 19.7 Å². The monoisotopic (exact) mass is 261 g/mol. The molecule has 104 valence electrons. The van der Waals surface area contributed by atoms with Gasteiger partial charge in [0.05, 0.1) is 6.04 Å². The Labute approximate surface area is 115 Å². The van der Waals surface area contributed by atoms with E-state index in [1.807, 2.05) is 6.07 Å². The van der Waals surface area contributed by atoms with Gasteiger partial charge in [-0.15, -0.1) is 0 Å². The third-order valence-electron chi connectivity index (χ3n) is 4.34. The molecule has 3 unspecified atom stereocenters. The first-order chi connectivity index (χ1) is 9.15. The van der Waals surface area contributed by atoms with Crippen LogP contribution in [0.15, 0.2) is 18.2 Å². The van der Waals surface area contributed by atoms with Crippen molar-refractivity contribution in [3.8, 4) is 5.75 Å². The van der Waals surface area contributed by atoms with Gasteiger partial charge in [-0.3, -0.25) is 4.90 Å². The Morgan fingerprint density at radius 2 is 2.21 bits per heavy atom. The maximum Gasteiger partial charge on any atom is 0.124 e. The van der Waals surface area contributed by atoms with Crippen molar-refractivity contribution in [2.24, 2.45) is 5.92 Å². The molecule has 3 atom stereocenters. The predicted octanol–water partition coefficient (Wildman–Crippen LogP) is 2.52. The first-order valence-electron chi connectivity index (χ1n) is 7.30. The average molecular weight is 261 g/mol. The highest BCUT2D eigenvalue weighted by Gasteiger charge is 2.35. The summed E-state index contributed by atoms with van der Waals surface area (Å²) in [5.41, 5.74) is 2.39. The van der Waals surface area contributed by atoms with Crippen molar-refractivity contribution in [2.45, 2.75) is 38.8 Å². The molecule has 19 heavy (non-hydrogen) atoms. The van der Waals surface area contributed by atoms with Crippen LogP contribution in [0.3, 0.4) is 0 Å².